The summed E-state index contributed by atoms with van der Waals surface area (Å²) in [5.41, 5.74) is 7.40. The standard InChI is InChI=1S/C14H19N3O/c1-2-3-4-5-9-12-16-11-8-6-7-10(14(15)18)13(11)17-12/h6-8H,2-5,9H2,1H3,(H2,15,18)(H,16,17). The van der Waals surface area contributed by atoms with Gasteiger partial charge in [-0.25, -0.2) is 4.98 Å². The molecule has 1 aromatic heterocycles. The Labute approximate surface area is 107 Å². The molecule has 0 aliphatic heterocycles. The first-order valence-corrected chi connectivity index (χ1v) is 6.49. The average molecular weight is 245 g/mol. The molecule has 0 atom stereocenters. The van der Waals surface area contributed by atoms with E-state index in [1.165, 1.54) is 19.3 Å². The lowest BCUT2D eigenvalue weighted by Crippen LogP contribution is -2.11. The second kappa shape index (κ2) is 5.67. The van der Waals surface area contributed by atoms with Gasteiger partial charge in [0.1, 0.15) is 11.3 Å². The fourth-order valence-electron chi connectivity index (χ4n) is 2.12. The Morgan fingerprint density at radius 1 is 1.33 bits per heavy atom. The highest BCUT2D eigenvalue weighted by Gasteiger charge is 2.10. The topological polar surface area (TPSA) is 71.8 Å². The highest BCUT2D eigenvalue weighted by molar-refractivity contribution is 6.03. The van der Waals surface area contributed by atoms with Crippen LogP contribution in [0.2, 0.25) is 0 Å². The number of rotatable bonds is 6. The van der Waals surface area contributed by atoms with Crippen molar-refractivity contribution in [2.75, 3.05) is 0 Å². The number of imidazole rings is 1. The van der Waals surface area contributed by atoms with Gasteiger partial charge in [0, 0.05) is 6.42 Å². The van der Waals surface area contributed by atoms with E-state index < -0.39 is 5.91 Å². The molecule has 4 nitrogen and oxygen atoms in total. The second-order valence-corrected chi connectivity index (χ2v) is 4.56. The second-order valence-electron chi connectivity index (χ2n) is 4.56. The minimum atomic E-state index is -0.426. The van der Waals surface area contributed by atoms with Gasteiger partial charge in [0.25, 0.3) is 5.91 Å². The predicted octanol–water partition coefficient (Wildman–Crippen LogP) is 2.78. The van der Waals surface area contributed by atoms with Crippen molar-refractivity contribution in [1.29, 1.82) is 0 Å². The number of unbranched alkanes of at least 4 members (excludes halogenated alkanes) is 3. The normalized spacial score (nSPS) is 10.9. The number of carbonyl (C=O) groups excluding carboxylic acids is 1. The van der Waals surface area contributed by atoms with Crippen molar-refractivity contribution in [3.05, 3.63) is 29.6 Å². The number of hydrogen-bond acceptors (Lipinski definition) is 2. The maximum absolute atomic E-state index is 11.3. The number of benzene rings is 1. The molecule has 1 aromatic carbocycles. The molecule has 0 fully saturated rings. The molecule has 0 radical (unpaired) electrons. The molecule has 0 aliphatic carbocycles. The highest BCUT2D eigenvalue weighted by Crippen LogP contribution is 2.17. The van der Waals surface area contributed by atoms with E-state index in [-0.39, 0.29) is 0 Å². The lowest BCUT2D eigenvalue weighted by atomic mass is 10.1. The predicted molar refractivity (Wildman–Crippen MR) is 72.5 cm³/mol. The van der Waals surface area contributed by atoms with Gasteiger partial charge in [0.2, 0.25) is 0 Å². The number of nitrogens with one attached hydrogen (secondary N) is 1. The monoisotopic (exact) mass is 245 g/mol. The van der Waals surface area contributed by atoms with Crippen LogP contribution in [0.4, 0.5) is 0 Å². The lowest BCUT2D eigenvalue weighted by molar-refractivity contribution is 0.100. The molecule has 0 saturated heterocycles. The molecule has 3 N–H and O–H groups in total. The summed E-state index contributed by atoms with van der Waals surface area (Å²) in [4.78, 5) is 19.0. The van der Waals surface area contributed by atoms with Crippen LogP contribution in [0.5, 0.6) is 0 Å². The summed E-state index contributed by atoms with van der Waals surface area (Å²) in [6.45, 7) is 2.19. The zero-order valence-electron chi connectivity index (χ0n) is 10.7. The number of H-pyrrole nitrogens is 1. The van der Waals surface area contributed by atoms with E-state index in [0.717, 1.165) is 24.2 Å². The molecule has 0 bridgehead atoms. The van der Waals surface area contributed by atoms with Crippen LogP contribution in [0.1, 0.15) is 48.8 Å². The number of hydrogen-bond donors (Lipinski definition) is 2. The quantitative estimate of drug-likeness (QED) is 0.768. The van der Waals surface area contributed by atoms with Gasteiger partial charge in [-0.05, 0) is 18.6 Å². The van der Waals surface area contributed by atoms with E-state index in [1.54, 1.807) is 6.07 Å². The number of aromatic nitrogens is 2. The van der Waals surface area contributed by atoms with Crippen molar-refractivity contribution in [1.82, 2.24) is 9.97 Å². The highest BCUT2D eigenvalue weighted by atomic mass is 16.1. The molecular formula is C14H19N3O. The van der Waals surface area contributed by atoms with Crippen molar-refractivity contribution >= 4 is 16.9 Å². The van der Waals surface area contributed by atoms with Gasteiger partial charge in [-0.15, -0.1) is 0 Å². The van der Waals surface area contributed by atoms with E-state index in [2.05, 4.69) is 16.9 Å². The first-order valence-electron chi connectivity index (χ1n) is 6.49. The largest absolute Gasteiger partial charge is 0.366 e. The molecule has 2 rings (SSSR count). The van der Waals surface area contributed by atoms with Gasteiger partial charge in [-0.1, -0.05) is 32.3 Å². The summed E-state index contributed by atoms with van der Waals surface area (Å²) in [7, 11) is 0. The molecular weight excluding hydrogens is 226 g/mol. The van der Waals surface area contributed by atoms with Gasteiger partial charge in [0.15, 0.2) is 0 Å². The molecule has 1 heterocycles. The van der Waals surface area contributed by atoms with Crippen molar-refractivity contribution in [2.45, 2.75) is 39.0 Å². The number of aromatic amines is 1. The number of fused-ring (bicyclic) bond motifs is 1. The summed E-state index contributed by atoms with van der Waals surface area (Å²) in [5.74, 6) is 0.513. The van der Waals surface area contributed by atoms with Crippen LogP contribution in [0.25, 0.3) is 11.0 Å². The van der Waals surface area contributed by atoms with E-state index in [0.29, 0.717) is 11.1 Å². The van der Waals surface area contributed by atoms with Crippen molar-refractivity contribution in [3.8, 4) is 0 Å². The Morgan fingerprint density at radius 3 is 2.89 bits per heavy atom. The Kier molecular flexibility index (Phi) is 3.97. The van der Waals surface area contributed by atoms with Gasteiger partial charge < -0.3 is 10.7 Å². The third-order valence-corrected chi connectivity index (χ3v) is 3.09. The van der Waals surface area contributed by atoms with Crippen molar-refractivity contribution in [2.24, 2.45) is 5.73 Å². The van der Waals surface area contributed by atoms with Crippen LogP contribution in [0.15, 0.2) is 18.2 Å². The van der Waals surface area contributed by atoms with Crippen LogP contribution >= 0.6 is 0 Å². The molecule has 96 valence electrons. The third-order valence-electron chi connectivity index (χ3n) is 3.09. The molecule has 0 aliphatic rings. The molecule has 18 heavy (non-hydrogen) atoms. The smallest absolute Gasteiger partial charge is 0.250 e. The molecule has 2 aromatic rings. The third kappa shape index (κ3) is 2.70. The number of nitrogens with zero attached hydrogens (tertiary/aromatic N) is 1. The van der Waals surface area contributed by atoms with Crippen LogP contribution in [0, 0.1) is 0 Å². The molecule has 4 heteroatoms. The molecule has 0 saturated carbocycles. The van der Waals surface area contributed by atoms with Gasteiger partial charge in [0.05, 0.1) is 11.1 Å². The molecule has 0 spiro atoms. The van der Waals surface area contributed by atoms with Gasteiger partial charge in [-0.3, -0.25) is 4.79 Å². The minimum Gasteiger partial charge on any atom is -0.366 e. The number of primary amides is 1. The minimum absolute atomic E-state index is 0.426. The number of amides is 1. The van der Waals surface area contributed by atoms with E-state index in [9.17, 15) is 4.79 Å². The zero-order valence-corrected chi connectivity index (χ0v) is 10.7. The number of nitrogens with two attached hydrogens (primary N) is 1. The maximum atomic E-state index is 11.3. The van der Waals surface area contributed by atoms with Gasteiger partial charge in [-0.2, -0.15) is 0 Å². The lowest BCUT2D eigenvalue weighted by Gasteiger charge is -1.96. The van der Waals surface area contributed by atoms with Crippen LogP contribution in [-0.2, 0) is 6.42 Å². The van der Waals surface area contributed by atoms with E-state index in [4.69, 9.17) is 5.73 Å². The molecule has 1 amide bonds. The summed E-state index contributed by atoms with van der Waals surface area (Å²) >= 11 is 0. The number of aryl methyl sites for hydroxylation is 1. The SMILES string of the molecule is CCCCCCc1nc2c(C(N)=O)cccc2[nH]1. The Morgan fingerprint density at radius 2 is 2.17 bits per heavy atom. The molecule has 0 unspecified atom stereocenters. The number of para-hydroxylation sites is 1. The van der Waals surface area contributed by atoms with Gasteiger partial charge >= 0.3 is 0 Å². The van der Waals surface area contributed by atoms with Crippen LogP contribution in [0.3, 0.4) is 0 Å². The summed E-state index contributed by atoms with van der Waals surface area (Å²) in [6.07, 6.45) is 5.75. The Bertz CT molecular complexity index is 545. The summed E-state index contributed by atoms with van der Waals surface area (Å²) < 4.78 is 0. The summed E-state index contributed by atoms with van der Waals surface area (Å²) in [5, 5.41) is 0. The zero-order chi connectivity index (χ0) is 13.0. The van der Waals surface area contributed by atoms with Crippen LogP contribution < -0.4 is 5.73 Å². The Hall–Kier alpha value is -1.84. The first-order chi connectivity index (χ1) is 8.72. The van der Waals surface area contributed by atoms with Crippen LogP contribution in [-0.4, -0.2) is 15.9 Å². The maximum Gasteiger partial charge on any atom is 0.250 e. The average Bonchev–Trinajstić information content (AvgIpc) is 2.76. The van der Waals surface area contributed by atoms with Crippen molar-refractivity contribution < 1.29 is 4.79 Å². The first kappa shape index (κ1) is 12.6. The Balaban J connectivity index is 2.17. The summed E-state index contributed by atoms with van der Waals surface area (Å²) in [6, 6.07) is 5.46. The van der Waals surface area contributed by atoms with E-state index >= 15 is 0 Å². The van der Waals surface area contributed by atoms with E-state index in [1.807, 2.05) is 12.1 Å². The fraction of sp³-hybridized carbons (Fsp3) is 0.429. The fourth-order valence-corrected chi connectivity index (χ4v) is 2.12. The van der Waals surface area contributed by atoms with Crippen molar-refractivity contribution in [3.63, 3.8) is 0 Å². The number of carbonyl (C=O) groups is 1.